The molecule has 0 aromatic rings. The molecule has 2 aliphatic rings. The van der Waals surface area contributed by atoms with Gasteiger partial charge in [-0.2, -0.15) is 0 Å². The third kappa shape index (κ3) is 2.12. The molecule has 0 radical (unpaired) electrons. The van der Waals surface area contributed by atoms with E-state index in [1.54, 1.807) is 0 Å². The lowest BCUT2D eigenvalue weighted by atomic mass is 9.94. The number of rotatable bonds is 2. The van der Waals surface area contributed by atoms with Crippen LogP contribution in [0, 0.1) is 5.92 Å². The van der Waals surface area contributed by atoms with Crippen LogP contribution in [0.15, 0.2) is 0 Å². The van der Waals surface area contributed by atoms with Gasteiger partial charge in [0.15, 0.2) is 0 Å². The maximum absolute atomic E-state index is 5.89. The first kappa shape index (κ1) is 10.4. The molecule has 82 valence electrons. The highest BCUT2D eigenvalue weighted by Gasteiger charge is 2.35. The van der Waals surface area contributed by atoms with E-state index < -0.39 is 0 Å². The second-order valence-electron chi connectivity index (χ2n) is 4.98. The fourth-order valence-electron chi connectivity index (χ4n) is 2.68. The lowest BCUT2D eigenvalue weighted by molar-refractivity contribution is -0.0459. The smallest absolute Gasteiger partial charge is 0.0629 e. The van der Waals surface area contributed by atoms with Gasteiger partial charge in [0.25, 0.3) is 0 Å². The summed E-state index contributed by atoms with van der Waals surface area (Å²) in [4.78, 5) is 0. The van der Waals surface area contributed by atoms with E-state index in [4.69, 9.17) is 9.47 Å². The summed E-state index contributed by atoms with van der Waals surface area (Å²) in [5, 5.41) is 0. The molecule has 2 heterocycles. The lowest BCUT2D eigenvalue weighted by Gasteiger charge is -2.25. The molecule has 2 nitrogen and oxygen atoms in total. The zero-order valence-corrected chi connectivity index (χ0v) is 9.53. The van der Waals surface area contributed by atoms with Crippen LogP contribution in [0.4, 0.5) is 0 Å². The SMILES string of the molecule is CC1CCC(C(C)C2CCC(C)O2)O1. The van der Waals surface area contributed by atoms with Gasteiger partial charge >= 0.3 is 0 Å². The van der Waals surface area contributed by atoms with Crippen LogP contribution in [0.1, 0.15) is 46.5 Å². The Kier molecular flexibility index (Phi) is 3.13. The minimum absolute atomic E-state index is 0.445. The van der Waals surface area contributed by atoms with Crippen molar-refractivity contribution in [3.05, 3.63) is 0 Å². The van der Waals surface area contributed by atoms with Crippen LogP contribution in [-0.2, 0) is 9.47 Å². The highest BCUT2D eigenvalue weighted by atomic mass is 16.5. The molecule has 0 aromatic heterocycles. The van der Waals surface area contributed by atoms with Crippen molar-refractivity contribution in [2.75, 3.05) is 0 Å². The molecule has 0 bridgehead atoms. The van der Waals surface area contributed by atoms with Crippen LogP contribution in [0.2, 0.25) is 0 Å². The molecule has 2 fully saturated rings. The third-order valence-electron chi connectivity index (χ3n) is 3.70. The zero-order chi connectivity index (χ0) is 10.1. The predicted octanol–water partition coefficient (Wildman–Crippen LogP) is 2.76. The second-order valence-corrected chi connectivity index (χ2v) is 4.98. The Labute approximate surface area is 87.0 Å². The Balaban J connectivity index is 1.85. The Morgan fingerprint density at radius 2 is 1.29 bits per heavy atom. The fourth-order valence-corrected chi connectivity index (χ4v) is 2.68. The number of hydrogen-bond acceptors (Lipinski definition) is 2. The molecule has 0 aliphatic carbocycles. The van der Waals surface area contributed by atoms with Gasteiger partial charge in [0.1, 0.15) is 0 Å². The van der Waals surface area contributed by atoms with Gasteiger partial charge in [-0.15, -0.1) is 0 Å². The van der Waals surface area contributed by atoms with Gasteiger partial charge in [0.2, 0.25) is 0 Å². The summed E-state index contributed by atoms with van der Waals surface area (Å²) < 4.78 is 11.8. The molecular weight excluding hydrogens is 176 g/mol. The monoisotopic (exact) mass is 198 g/mol. The summed E-state index contributed by atoms with van der Waals surface area (Å²) in [5.41, 5.74) is 0. The van der Waals surface area contributed by atoms with Crippen molar-refractivity contribution < 1.29 is 9.47 Å². The van der Waals surface area contributed by atoms with Crippen molar-refractivity contribution in [2.45, 2.75) is 70.9 Å². The van der Waals surface area contributed by atoms with Crippen LogP contribution in [-0.4, -0.2) is 24.4 Å². The van der Waals surface area contributed by atoms with E-state index in [9.17, 15) is 0 Å². The second kappa shape index (κ2) is 4.19. The van der Waals surface area contributed by atoms with Crippen LogP contribution in [0.25, 0.3) is 0 Å². The average molecular weight is 198 g/mol. The van der Waals surface area contributed by atoms with Crippen molar-refractivity contribution >= 4 is 0 Å². The topological polar surface area (TPSA) is 18.5 Å². The van der Waals surface area contributed by atoms with Gasteiger partial charge in [0.05, 0.1) is 24.4 Å². The van der Waals surface area contributed by atoms with E-state index in [1.165, 1.54) is 25.7 Å². The zero-order valence-electron chi connectivity index (χ0n) is 9.53. The molecule has 0 spiro atoms. The minimum Gasteiger partial charge on any atom is -0.375 e. The highest BCUT2D eigenvalue weighted by Crippen LogP contribution is 2.33. The van der Waals surface area contributed by atoms with Gasteiger partial charge in [0, 0.05) is 5.92 Å². The highest BCUT2D eigenvalue weighted by molar-refractivity contribution is 4.84. The van der Waals surface area contributed by atoms with Crippen molar-refractivity contribution in [3.63, 3.8) is 0 Å². The largest absolute Gasteiger partial charge is 0.375 e. The van der Waals surface area contributed by atoms with E-state index in [0.29, 0.717) is 30.3 Å². The first-order valence-corrected chi connectivity index (χ1v) is 5.97. The molecule has 0 saturated carbocycles. The standard InChI is InChI=1S/C12H22O2/c1-8-4-6-11(13-8)10(3)12-7-5-9(2)14-12/h8-12H,4-7H2,1-3H3. The molecule has 2 saturated heterocycles. The molecule has 2 aliphatic heterocycles. The van der Waals surface area contributed by atoms with Crippen LogP contribution < -0.4 is 0 Å². The van der Waals surface area contributed by atoms with E-state index in [0.717, 1.165) is 0 Å². The maximum Gasteiger partial charge on any atom is 0.0629 e. The van der Waals surface area contributed by atoms with Crippen molar-refractivity contribution in [1.29, 1.82) is 0 Å². The summed E-state index contributed by atoms with van der Waals surface area (Å²) >= 11 is 0. The molecule has 2 rings (SSSR count). The van der Waals surface area contributed by atoms with E-state index >= 15 is 0 Å². The summed E-state index contributed by atoms with van der Waals surface area (Å²) in [6, 6.07) is 0. The van der Waals surface area contributed by atoms with Crippen molar-refractivity contribution in [3.8, 4) is 0 Å². The van der Waals surface area contributed by atoms with Crippen LogP contribution >= 0.6 is 0 Å². The summed E-state index contributed by atoms with van der Waals surface area (Å²) in [7, 11) is 0. The van der Waals surface area contributed by atoms with Gasteiger partial charge in [-0.1, -0.05) is 6.92 Å². The van der Waals surface area contributed by atoms with Gasteiger partial charge in [-0.3, -0.25) is 0 Å². The molecule has 0 aromatic carbocycles. The normalized spacial score (nSPS) is 45.6. The van der Waals surface area contributed by atoms with Crippen LogP contribution in [0.5, 0.6) is 0 Å². The molecule has 4 atom stereocenters. The number of ether oxygens (including phenoxy) is 2. The maximum atomic E-state index is 5.89. The lowest BCUT2D eigenvalue weighted by Crippen LogP contribution is -2.29. The summed E-state index contributed by atoms with van der Waals surface area (Å²) in [5.74, 6) is 0.574. The van der Waals surface area contributed by atoms with Gasteiger partial charge in [-0.05, 0) is 39.5 Å². The van der Waals surface area contributed by atoms with E-state index in [-0.39, 0.29) is 0 Å². The van der Waals surface area contributed by atoms with Crippen molar-refractivity contribution in [1.82, 2.24) is 0 Å². The fraction of sp³-hybridized carbons (Fsp3) is 1.00. The first-order valence-electron chi connectivity index (χ1n) is 5.97. The Bertz CT molecular complexity index is 173. The molecule has 4 unspecified atom stereocenters. The molecule has 14 heavy (non-hydrogen) atoms. The molecule has 2 heteroatoms. The molecule has 0 amide bonds. The predicted molar refractivity (Wildman–Crippen MR) is 56.3 cm³/mol. The Hall–Kier alpha value is -0.0800. The number of hydrogen-bond donors (Lipinski definition) is 0. The Morgan fingerprint density at radius 1 is 0.857 bits per heavy atom. The first-order chi connectivity index (χ1) is 6.66. The third-order valence-corrected chi connectivity index (χ3v) is 3.70. The summed E-state index contributed by atoms with van der Waals surface area (Å²) in [6.07, 6.45) is 6.69. The quantitative estimate of drug-likeness (QED) is 0.679. The van der Waals surface area contributed by atoms with Gasteiger partial charge in [-0.25, -0.2) is 0 Å². The Morgan fingerprint density at radius 3 is 1.57 bits per heavy atom. The molecule has 0 N–H and O–H groups in total. The summed E-state index contributed by atoms with van der Waals surface area (Å²) in [6.45, 7) is 6.63. The van der Waals surface area contributed by atoms with E-state index in [1.807, 2.05) is 0 Å². The minimum atomic E-state index is 0.445. The average Bonchev–Trinajstić information content (AvgIpc) is 2.73. The van der Waals surface area contributed by atoms with Crippen molar-refractivity contribution in [2.24, 2.45) is 5.92 Å². The van der Waals surface area contributed by atoms with Gasteiger partial charge < -0.3 is 9.47 Å². The van der Waals surface area contributed by atoms with Crippen LogP contribution in [0.3, 0.4) is 0 Å². The van der Waals surface area contributed by atoms with E-state index in [2.05, 4.69) is 20.8 Å². The molecular formula is C12H22O2.